The summed E-state index contributed by atoms with van der Waals surface area (Å²) >= 11 is 0. The standard InChI is InChI=1S/C16H16N2O2/c1-9-3-4-10(2)14(7-9)20-11-5-6-12-13(8-11)18-16(19)15(12)17/h3-8,15H,17H2,1-2H3,(H,18,19). The molecule has 0 bridgehead atoms. The molecule has 1 amide bonds. The van der Waals surface area contributed by atoms with Gasteiger partial charge in [0.15, 0.2) is 0 Å². The van der Waals surface area contributed by atoms with E-state index in [-0.39, 0.29) is 5.91 Å². The van der Waals surface area contributed by atoms with Gasteiger partial charge in [0.25, 0.3) is 0 Å². The Hall–Kier alpha value is -2.33. The lowest BCUT2D eigenvalue weighted by Gasteiger charge is -2.11. The summed E-state index contributed by atoms with van der Waals surface area (Å²) in [6.45, 7) is 4.02. The third kappa shape index (κ3) is 2.14. The van der Waals surface area contributed by atoms with Crippen molar-refractivity contribution in [3.63, 3.8) is 0 Å². The molecule has 0 saturated carbocycles. The number of hydrogen-bond donors (Lipinski definition) is 2. The molecule has 2 aromatic carbocycles. The van der Waals surface area contributed by atoms with E-state index in [2.05, 4.69) is 5.32 Å². The summed E-state index contributed by atoms with van der Waals surface area (Å²) in [5.41, 5.74) is 9.53. The molecule has 1 aliphatic heterocycles. The van der Waals surface area contributed by atoms with Crippen molar-refractivity contribution >= 4 is 11.6 Å². The summed E-state index contributed by atoms with van der Waals surface area (Å²) in [6, 6.07) is 11.0. The SMILES string of the molecule is Cc1ccc(C)c(Oc2ccc3c(c2)NC(=O)C3N)c1. The molecule has 1 heterocycles. The van der Waals surface area contributed by atoms with E-state index < -0.39 is 6.04 Å². The fourth-order valence-corrected chi connectivity index (χ4v) is 2.27. The van der Waals surface area contributed by atoms with Crippen molar-refractivity contribution in [2.75, 3.05) is 5.32 Å². The Morgan fingerprint density at radius 1 is 1.15 bits per heavy atom. The van der Waals surface area contributed by atoms with Crippen molar-refractivity contribution in [2.45, 2.75) is 19.9 Å². The van der Waals surface area contributed by atoms with Gasteiger partial charge in [0.2, 0.25) is 5.91 Å². The lowest BCUT2D eigenvalue weighted by molar-refractivity contribution is -0.116. The third-order valence-corrected chi connectivity index (χ3v) is 3.47. The Morgan fingerprint density at radius 3 is 2.75 bits per heavy atom. The van der Waals surface area contributed by atoms with E-state index in [1.165, 1.54) is 0 Å². The first-order valence-electron chi connectivity index (χ1n) is 6.50. The highest BCUT2D eigenvalue weighted by Gasteiger charge is 2.27. The number of fused-ring (bicyclic) bond motifs is 1. The molecule has 4 nitrogen and oxygen atoms in total. The first kappa shape index (κ1) is 12.7. The zero-order valence-electron chi connectivity index (χ0n) is 11.4. The average molecular weight is 268 g/mol. The van der Waals surface area contributed by atoms with Gasteiger partial charge in [0.1, 0.15) is 17.5 Å². The molecule has 0 saturated heterocycles. The quantitative estimate of drug-likeness (QED) is 0.879. The molecule has 3 N–H and O–H groups in total. The van der Waals surface area contributed by atoms with E-state index in [1.54, 1.807) is 0 Å². The number of aryl methyl sites for hydroxylation is 2. The highest BCUT2D eigenvalue weighted by molar-refractivity contribution is 6.02. The van der Waals surface area contributed by atoms with E-state index in [1.807, 2.05) is 50.2 Å². The van der Waals surface area contributed by atoms with Crippen LogP contribution in [0.5, 0.6) is 11.5 Å². The zero-order chi connectivity index (χ0) is 14.3. The van der Waals surface area contributed by atoms with Crippen LogP contribution < -0.4 is 15.8 Å². The second kappa shape index (κ2) is 4.65. The van der Waals surface area contributed by atoms with Crippen LogP contribution in [0, 0.1) is 13.8 Å². The van der Waals surface area contributed by atoms with Crippen molar-refractivity contribution in [2.24, 2.45) is 5.73 Å². The molecule has 102 valence electrons. The van der Waals surface area contributed by atoms with Crippen LogP contribution in [0.15, 0.2) is 36.4 Å². The average Bonchev–Trinajstić information content (AvgIpc) is 2.69. The van der Waals surface area contributed by atoms with Gasteiger partial charge in [-0.3, -0.25) is 4.79 Å². The van der Waals surface area contributed by atoms with Crippen LogP contribution in [0.2, 0.25) is 0 Å². The number of anilines is 1. The Bertz CT molecular complexity index is 695. The second-order valence-corrected chi connectivity index (χ2v) is 5.09. The van der Waals surface area contributed by atoms with Crippen LogP contribution in [0.25, 0.3) is 0 Å². The zero-order valence-corrected chi connectivity index (χ0v) is 11.4. The second-order valence-electron chi connectivity index (χ2n) is 5.09. The summed E-state index contributed by atoms with van der Waals surface area (Å²) in [5, 5.41) is 2.76. The van der Waals surface area contributed by atoms with Crippen molar-refractivity contribution < 1.29 is 9.53 Å². The predicted octanol–water partition coefficient (Wildman–Crippen LogP) is 3.05. The number of carbonyl (C=O) groups is 1. The molecule has 0 radical (unpaired) electrons. The number of hydrogen-bond acceptors (Lipinski definition) is 3. The number of nitrogens with one attached hydrogen (secondary N) is 1. The van der Waals surface area contributed by atoms with E-state index in [0.717, 1.165) is 28.1 Å². The number of amides is 1. The van der Waals surface area contributed by atoms with E-state index in [0.29, 0.717) is 5.75 Å². The molecule has 0 fully saturated rings. The summed E-state index contributed by atoms with van der Waals surface area (Å²) in [7, 11) is 0. The van der Waals surface area contributed by atoms with Crippen LogP contribution in [0.4, 0.5) is 5.69 Å². The third-order valence-electron chi connectivity index (χ3n) is 3.47. The molecule has 1 aliphatic rings. The van der Waals surface area contributed by atoms with Gasteiger partial charge in [-0.25, -0.2) is 0 Å². The molecule has 20 heavy (non-hydrogen) atoms. The van der Waals surface area contributed by atoms with E-state index in [4.69, 9.17) is 10.5 Å². The smallest absolute Gasteiger partial charge is 0.245 e. The van der Waals surface area contributed by atoms with E-state index >= 15 is 0 Å². The molecule has 1 atom stereocenters. The normalized spacial score (nSPS) is 16.8. The minimum Gasteiger partial charge on any atom is -0.457 e. The maximum absolute atomic E-state index is 11.5. The predicted molar refractivity (Wildman–Crippen MR) is 78.0 cm³/mol. The molecular formula is C16H16N2O2. The van der Waals surface area contributed by atoms with Crippen LogP contribution in [-0.4, -0.2) is 5.91 Å². The van der Waals surface area contributed by atoms with Crippen LogP contribution in [0.3, 0.4) is 0 Å². The summed E-state index contributed by atoms with van der Waals surface area (Å²) < 4.78 is 5.89. The van der Waals surface area contributed by atoms with Gasteiger partial charge < -0.3 is 15.8 Å². The Balaban J connectivity index is 1.92. The van der Waals surface area contributed by atoms with Crippen LogP contribution in [0.1, 0.15) is 22.7 Å². The maximum Gasteiger partial charge on any atom is 0.245 e. The van der Waals surface area contributed by atoms with Crippen LogP contribution >= 0.6 is 0 Å². The largest absolute Gasteiger partial charge is 0.457 e. The first-order valence-corrected chi connectivity index (χ1v) is 6.50. The highest BCUT2D eigenvalue weighted by atomic mass is 16.5. The van der Waals surface area contributed by atoms with Crippen molar-refractivity contribution in [1.29, 1.82) is 0 Å². The molecule has 3 rings (SSSR count). The number of carbonyl (C=O) groups excluding carboxylic acids is 1. The monoisotopic (exact) mass is 268 g/mol. The molecule has 0 aromatic heterocycles. The van der Waals surface area contributed by atoms with Gasteiger partial charge in [-0.05, 0) is 37.1 Å². The first-order chi connectivity index (χ1) is 9.54. The fourth-order valence-electron chi connectivity index (χ4n) is 2.27. The Labute approximate surface area is 117 Å². The van der Waals surface area contributed by atoms with Crippen molar-refractivity contribution in [3.8, 4) is 11.5 Å². The van der Waals surface area contributed by atoms with Gasteiger partial charge in [-0.2, -0.15) is 0 Å². The van der Waals surface area contributed by atoms with Gasteiger partial charge in [-0.1, -0.05) is 18.2 Å². The Kier molecular flexibility index (Phi) is 2.95. The summed E-state index contributed by atoms with van der Waals surface area (Å²) in [5.74, 6) is 1.33. The van der Waals surface area contributed by atoms with Gasteiger partial charge in [-0.15, -0.1) is 0 Å². The molecule has 0 aliphatic carbocycles. The van der Waals surface area contributed by atoms with Crippen molar-refractivity contribution in [1.82, 2.24) is 0 Å². The molecular weight excluding hydrogens is 252 g/mol. The lowest BCUT2D eigenvalue weighted by Crippen LogP contribution is -2.19. The fraction of sp³-hybridized carbons (Fsp3) is 0.188. The van der Waals surface area contributed by atoms with Crippen molar-refractivity contribution in [3.05, 3.63) is 53.1 Å². The van der Waals surface area contributed by atoms with Gasteiger partial charge >= 0.3 is 0 Å². The maximum atomic E-state index is 11.5. The van der Waals surface area contributed by atoms with Crippen LogP contribution in [-0.2, 0) is 4.79 Å². The number of benzene rings is 2. The summed E-state index contributed by atoms with van der Waals surface area (Å²) in [4.78, 5) is 11.5. The lowest BCUT2D eigenvalue weighted by atomic mass is 10.1. The molecule has 1 unspecified atom stereocenters. The highest BCUT2D eigenvalue weighted by Crippen LogP contribution is 2.34. The molecule has 2 aromatic rings. The summed E-state index contributed by atoms with van der Waals surface area (Å²) in [6.07, 6.45) is 0. The van der Waals surface area contributed by atoms with E-state index in [9.17, 15) is 4.79 Å². The Morgan fingerprint density at radius 2 is 1.95 bits per heavy atom. The number of ether oxygens (including phenoxy) is 1. The number of nitrogens with two attached hydrogens (primary N) is 1. The molecule has 0 spiro atoms. The van der Waals surface area contributed by atoms with Gasteiger partial charge in [0.05, 0.1) is 0 Å². The topological polar surface area (TPSA) is 64.3 Å². The number of rotatable bonds is 2. The minimum absolute atomic E-state index is 0.177. The molecule has 4 heteroatoms. The van der Waals surface area contributed by atoms with Gasteiger partial charge in [0, 0.05) is 17.3 Å². The minimum atomic E-state index is -0.584.